The van der Waals surface area contributed by atoms with Gasteiger partial charge in [0.05, 0.1) is 11.8 Å². The third-order valence-corrected chi connectivity index (χ3v) is 9.20. The largest absolute Gasteiger partial charge is 0.340 e. The summed E-state index contributed by atoms with van der Waals surface area (Å²) in [6.45, 7) is 6.05. The van der Waals surface area contributed by atoms with Crippen molar-refractivity contribution in [3.05, 3.63) is 74.5 Å². The Hall–Kier alpha value is -2.81. The molecule has 180 valence electrons. The molecule has 0 unspecified atom stereocenters. The molecular weight excluding hydrogens is 476 g/mol. The number of benzene rings is 1. The fraction of sp³-hybridized carbons (Fsp3) is 0.370. The second-order valence-corrected chi connectivity index (χ2v) is 11.4. The summed E-state index contributed by atoms with van der Waals surface area (Å²) in [4.78, 5) is 35.0. The lowest BCUT2D eigenvalue weighted by molar-refractivity contribution is -0.130. The summed E-state index contributed by atoms with van der Waals surface area (Å²) in [5, 5.41) is 4.17. The molecule has 2 aliphatic rings. The van der Waals surface area contributed by atoms with Crippen molar-refractivity contribution in [3.63, 3.8) is 0 Å². The minimum atomic E-state index is 0.0799. The molecule has 1 saturated heterocycles. The Morgan fingerprint density at radius 1 is 1.11 bits per heavy atom. The topological polar surface area (TPSA) is 58.4 Å². The number of carbonyl (C=O) groups excluding carboxylic acids is 1. The maximum Gasteiger partial charge on any atom is 0.271 e. The highest BCUT2D eigenvalue weighted by Crippen LogP contribution is 2.33. The second kappa shape index (κ2) is 9.33. The van der Waals surface area contributed by atoms with Gasteiger partial charge < -0.3 is 4.90 Å². The number of fused-ring (bicyclic) bond motifs is 2. The lowest BCUT2D eigenvalue weighted by Crippen LogP contribution is -2.47. The van der Waals surface area contributed by atoms with E-state index in [0.717, 1.165) is 72.6 Å². The molecule has 8 heteroatoms. The minimum Gasteiger partial charge on any atom is -0.340 e. The van der Waals surface area contributed by atoms with Gasteiger partial charge in [-0.2, -0.15) is 11.3 Å². The summed E-state index contributed by atoms with van der Waals surface area (Å²) in [5.41, 5.74) is 6.10. The molecule has 1 aliphatic carbocycles. The lowest BCUT2D eigenvalue weighted by Gasteiger charge is -2.34. The van der Waals surface area contributed by atoms with E-state index >= 15 is 0 Å². The zero-order valence-electron chi connectivity index (χ0n) is 19.8. The molecule has 1 amide bonds. The van der Waals surface area contributed by atoms with Crippen molar-refractivity contribution in [1.29, 1.82) is 0 Å². The van der Waals surface area contributed by atoms with Crippen molar-refractivity contribution >= 4 is 38.8 Å². The lowest BCUT2D eigenvalue weighted by atomic mass is 9.87. The van der Waals surface area contributed by atoms with E-state index in [9.17, 15) is 9.59 Å². The van der Waals surface area contributed by atoms with Gasteiger partial charge in [0.25, 0.3) is 5.56 Å². The summed E-state index contributed by atoms with van der Waals surface area (Å²) >= 11 is 3.22. The van der Waals surface area contributed by atoms with Crippen LogP contribution < -0.4 is 5.56 Å². The summed E-state index contributed by atoms with van der Waals surface area (Å²) in [7, 11) is 0. The molecule has 0 bridgehead atoms. The molecule has 3 aromatic heterocycles. The fourth-order valence-corrected chi connectivity index (χ4v) is 7.11. The van der Waals surface area contributed by atoms with Gasteiger partial charge in [0.15, 0.2) is 0 Å². The number of nitrogens with zero attached hydrogens (tertiary/aromatic N) is 4. The number of aromatic nitrogens is 2. The predicted octanol–water partition coefficient (Wildman–Crippen LogP) is 4.58. The van der Waals surface area contributed by atoms with E-state index in [0.29, 0.717) is 0 Å². The standard InChI is InChI=1S/C27H28N4O2S2/c1-18(32)30-9-7-29(8-10-30)15-19-2-3-21-13-23(5-4-20(21)12-19)31-17-28-24-14-25(22-6-11-34-16-22)35-26(24)27(31)33/h2-3,6,11-12,14,16-17,23H,4-5,7-10,13,15H2,1H3/t23-/m0/s1. The van der Waals surface area contributed by atoms with Crippen LogP contribution in [0.3, 0.4) is 0 Å². The number of carbonyl (C=O) groups is 1. The first-order valence-electron chi connectivity index (χ1n) is 12.2. The first-order chi connectivity index (χ1) is 17.0. The van der Waals surface area contributed by atoms with Gasteiger partial charge in [0, 0.05) is 56.1 Å². The van der Waals surface area contributed by atoms with Crippen LogP contribution >= 0.6 is 22.7 Å². The monoisotopic (exact) mass is 504 g/mol. The minimum absolute atomic E-state index is 0.0799. The van der Waals surface area contributed by atoms with Crippen LogP contribution in [0.25, 0.3) is 20.7 Å². The van der Waals surface area contributed by atoms with Crippen LogP contribution in [0.2, 0.25) is 0 Å². The van der Waals surface area contributed by atoms with Crippen molar-refractivity contribution in [3.8, 4) is 10.4 Å². The summed E-state index contributed by atoms with van der Waals surface area (Å²) < 4.78 is 2.61. The molecule has 0 saturated carbocycles. The maximum atomic E-state index is 13.4. The quantitative estimate of drug-likeness (QED) is 0.408. The summed E-state index contributed by atoms with van der Waals surface area (Å²) in [5.74, 6) is 0.170. The molecule has 6 nitrogen and oxygen atoms in total. The van der Waals surface area contributed by atoms with Crippen molar-refractivity contribution in [1.82, 2.24) is 19.4 Å². The average Bonchev–Trinajstić information content (AvgIpc) is 3.55. The molecular formula is C27H28N4O2S2. The molecule has 4 heterocycles. The van der Waals surface area contributed by atoms with E-state index in [2.05, 4.69) is 44.9 Å². The summed E-state index contributed by atoms with van der Waals surface area (Å²) in [6, 6.07) is 11.1. The molecule has 0 N–H and O–H groups in total. The van der Waals surface area contributed by atoms with Gasteiger partial charge in [0.1, 0.15) is 4.70 Å². The molecule has 35 heavy (non-hydrogen) atoms. The molecule has 0 radical (unpaired) electrons. The van der Waals surface area contributed by atoms with Crippen molar-refractivity contribution in [2.75, 3.05) is 26.2 Å². The fourth-order valence-electron chi connectivity index (χ4n) is 5.34. The van der Waals surface area contributed by atoms with Gasteiger partial charge in [-0.3, -0.25) is 19.1 Å². The van der Waals surface area contributed by atoms with Crippen LogP contribution in [0, 0.1) is 0 Å². The van der Waals surface area contributed by atoms with Gasteiger partial charge in [-0.25, -0.2) is 4.98 Å². The van der Waals surface area contributed by atoms with Crippen molar-refractivity contribution < 1.29 is 4.79 Å². The van der Waals surface area contributed by atoms with E-state index < -0.39 is 0 Å². The van der Waals surface area contributed by atoms with Crippen LogP contribution in [-0.2, 0) is 24.2 Å². The van der Waals surface area contributed by atoms with Gasteiger partial charge in [0.2, 0.25) is 5.91 Å². The number of rotatable bonds is 4. The SMILES string of the molecule is CC(=O)N1CCN(Cc2ccc3c(c2)CC[C@H](n2cnc4cc(-c5ccsc5)sc4c2=O)C3)CC1. The van der Waals surface area contributed by atoms with E-state index in [1.807, 2.05) is 15.5 Å². The van der Waals surface area contributed by atoms with E-state index in [4.69, 9.17) is 0 Å². The van der Waals surface area contributed by atoms with Gasteiger partial charge in [-0.1, -0.05) is 18.2 Å². The van der Waals surface area contributed by atoms with E-state index in [1.165, 1.54) is 16.7 Å². The van der Waals surface area contributed by atoms with Crippen LogP contribution in [0.1, 0.15) is 36.1 Å². The van der Waals surface area contributed by atoms with Crippen molar-refractivity contribution in [2.24, 2.45) is 0 Å². The van der Waals surface area contributed by atoms with Crippen molar-refractivity contribution in [2.45, 2.75) is 38.8 Å². The summed E-state index contributed by atoms with van der Waals surface area (Å²) in [6.07, 6.45) is 4.53. The van der Waals surface area contributed by atoms with Crippen LogP contribution in [0.15, 0.2) is 52.2 Å². The Kier molecular flexibility index (Phi) is 6.04. The molecule has 1 aliphatic heterocycles. The number of amides is 1. The Morgan fingerprint density at radius 2 is 1.97 bits per heavy atom. The molecule has 1 atom stereocenters. The number of hydrogen-bond donors (Lipinski definition) is 0. The first kappa shape index (κ1) is 22.6. The normalized spacial score (nSPS) is 18.7. The molecule has 1 aromatic carbocycles. The molecule has 1 fully saturated rings. The van der Waals surface area contributed by atoms with Crippen LogP contribution in [0.4, 0.5) is 0 Å². The highest BCUT2D eigenvalue weighted by molar-refractivity contribution is 7.22. The zero-order chi connectivity index (χ0) is 23.9. The van der Waals surface area contributed by atoms with Crippen LogP contribution in [0.5, 0.6) is 0 Å². The van der Waals surface area contributed by atoms with E-state index in [-0.39, 0.29) is 17.5 Å². The number of aryl methyl sites for hydroxylation is 1. The first-order valence-corrected chi connectivity index (χ1v) is 13.9. The Labute approximate surface area is 212 Å². The predicted molar refractivity (Wildman–Crippen MR) is 142 cm³/mol. The molecule has 0 spiro atoms. The highest BCUT2D eigenvalue weighted by Gasteiger charge is 2.24. The smallest absolute Gasteiger partial charge is 0.271 e. The third-order valence-electron chi connectivity index (χ3n) is 7.36. The Bertz CT molecular complexity index is 1430. The second-order valence-electron chi connectivity index (χ2n) is 9.58. The number of hydrogen-bond acceptors (Lipinski definition) is 6. The maximum absolute atomic E-state index is 13.4. The van der Waals surface area contributed by atoms with Gasteiger partial charge in [-0.05, 0) is 58.8 Å². The van der Waals surface area contributed by atoms with Gasteiger partial charge >= 0.3 is 0 Å². The highest BCUT2D eigenvalue weighted by atomic mass is 32.1. The number of piperazine rings is 1. The Balaban J connectivity index is 1.17. The number of thiophene rings is 2. The third kappa shape index (κ3) is 4.46. The average molecular weight is 505 g/mol. The zero-order valence-corrected chi connectivity index (χ0v) is 21.4. The van der Waals surface area contributed by atoms with Gasteiger partial charge in [-0.15, -0.1) is 11.3 Å². The Morgan fingerprint density at radius 3 is 2.74 bits per heavy atom. The molecule has 4 aromatic rings. The van der Waals surface area contributed by atoms with Crippen LogP contribution in [-0.4, -0.2) is 51.4 Å². The molecule has 6 rings (SSSR count). The van der Waals surface area contributed by atoms with E-state index in [1.54, 1.807) is 35.9 Å².